The average Bonchev–Trinajstić information content (AvgIpc) is 2.78. The van der Waals surface area contributed by atoms with E-state index in [2.05, 4.69) is 15.1 Å². The van der Waals surface area contributed by atoms with Crippen LogP contribution in [-0.4, -0.2) is 26.8 Å². The molecule has 17 heavy (non-hydrogen) atoms. The Morgan fingerprint density at radius 2 is 2.35 bits per heavy atom. The summed E-state index contributed by atoms with van der Waals surface area (Å²) in [7, 11) is 0. The van der Waals surface area contributed by atoms with Gasteiger partial charge in [-0.15, -0.1) is 0 Å². The summed E-state index contributed by atoms with van der Waals surface area (Å²) in [5, 5.41) is 13.4. The van der Waals surface area contributed by atoms with Gasteiger partial charge in [0.25, 0.3) is 5.89 Å². The summed E-state index contributed by atoms with van der Waals surface area (Å²) in [6, 6.07) is 3.73. The van der Waals surface area contributed by atoms with E-state index in [4.69, 9.17) is 10.3 Å². The van der Waals surface area contributed by atoms with Crippen LogP contribution >= 0.6 is 0 Å². The van der Waals surface area contributed by atoms with Crippen molar-refractivity contribution in [3.63, 3.8) is 0 Å². The molecule has 0 saturated carbocycles. The summed E-state index contributed by atoms with van der Waals surface area (Å²) in [4.78, 5) is 8.23. The molecular weight excluding hydrogens is 220 g/mol. The Hall–Kier alpha value is -1.79. The van der Waals surface area contributed by atoms with E-state index in [-0.39, 0.29) is 5.89 Å². The van der Waals surface area contributed by atoms with Crippen molar-refractivity contribution in [2.24, 2.45) is 5.73 Å². The lowest BCUT2D eigenvalue weighted by Crippen LogP contribution is -2.06. The molecule has 3 N–H and O–H groups in total. The third-order valence-electron chi connectivity index (χ3n) is 2.31. The van der Waals surface area contributed by atoms with E-state index in [1.54, 1.807) is 6.20 Å². The van der Waals surface area contributed by atoms with E-state index < -0.39 is 6.10 Å². The zero-order valence-electron chi connectivity index (χ0n) is 9.50. The van der Waals surface area contributed by atoms with Crippen LogP contribution in [-0.2, 0) is 0 Å². The van der Waals surface area contributed by atoms with Crippen molar-refractivity contribution in [1.82, 2.24) is 15.1 Å². The number of hydrogen-bond acceptors (Lipinski definition) is 6. The smallest absolute Gasteiger partial charge is 0.255 e. The molecule has 6 heteroatoms. The number of nitrogens with two attached hydrogens (primary N) is 1. The van der Waals surface area contributed by atoms with Crippen LogP contribution in [0.2, 0.25) is 0 Å². The molecule has 0 aliphatic carbocycles. The molecule has 90 valence electrons. The SMILES string of the molecule is Cc1ccnc(-c2noc(C(O)CCN)n2)c1. The fourth-order valence-corrected chi connectivity index (χ4v) is 1.41. The first-order valence-corrected chi connectivity index (χ1v) is 5.35. The van der Waals surface area contributed by atoms with Crippen LogP contribution in [0.5, 0.6) is 0 Å². The third kappa shape index (κ3) is 2.66. The lowest BCUT2D eigenvalue weighted by atomic mass is 10.2. The number of nitrogens with zero attached hydrogens (tertiary/aromatic N) is 3. The standard InChI is InChI=1S/C11H14N4O2/c1-7-3-5-13-8(6-7)10-14-11(17-15-10)9(16)2-4-12/h3,5-6,9,16H,2,4,12H2,1H3. The second-order valence-electron chi connectivity index (χ2n) is 3.77. The van der Waals surface area contributed by atoms with Crippen molar-refractivity contribution in [3.8, 4) is 11.5 Å². The van der Waals surface area contributed by atoms with Gasteiger partial charge in [0.05, 0.1) is 0 Å². The lowest BCUT2D eigenvalue weighted by molar-refractivity contribution is 0.127. The molecule has 2 heterocycles. The molecule has 6 nitrogen and oxygen atoms in total. The average molecular weight is 234 g/mol. The molecule has 2 rings (SSSR count). The van der Waals surface area contributed by atoms with Crippen LogP contribution in [0.4, 0.5) is 0 Å². The van der Waals surface area contributed by atoms with Crippen molar-refractivity contribution in [2.75, 3.05) is 6.54 Å². The van der Waals surface area contributed by atoms with Gasteiger partial charge in [-0.05, 0) is 37.6 Å². The summed E-state index contributed by atoms with van der Waals surface area (Å²) < 4.78 is 4.97. The van der Waals surface area contributed by atoms with E-state index >= 15 is 0 Å². The fraction of sp³-hybridized carbons (Fsp3) is 0.364. The summed E-state index contributed by atoms with van der Waals surface area (Å²) in [6.45, 7) is 2.32. The van der Waals surface area contributed by atoms with Crippen LogP contribution in [0.3, 0.4) is 0 Å². The highest BCUT2D eigenvalue weighted by molar-refractivity contribution is 5.48. The van der Waals surface area contributed by atoms with Crippen molar-refractivity contribution in [3.05, 3.63) is 29.8 Å². The predicted octanol–water partition coefficient (Wildman–Crippen LogP) is 0.822. The van der Waals surface area contributed by atoms with Crippen molar-refractivity contribution < 1.29 is 9.63 Å². The fourth-order valence-electron chi connectivity index (χ4n) is 1.41. The molecule has 0 aromatic carbocycles. The van der Waals surface area contributed by atoms with Gasteiger partial charge in [-0.1, -0.05) is 5.16 Å². The van der Waals surface area contributed by atoms with Gasteiger partial charge in [0, 0.05) is 6.20 Å². The van der Waals surface area contributed by atoms with E-state index in [1.807, 2.05) is 19.1 Å². The summed E-state index contributed by atoms with van der Waals surface area (Å²) in [5.41, 5.74) is 7.03. The quantitative estimate of drug-likeness (QED) is 0.812. The van der Waals surface area contributed by atoms with E-state index in [0.717, 1.165) is 5.56 Å². The molecule has 0 spiro atoms. The molecule has 0 aliphatic heterocycles. The third-order valence-corrected chi connectivity index (χ3v) is 2.31. The predicted molar refractivity (Wildman–Crippen MR) is 60.9 cm³/mol. The minimum absolute atomic E-state index is 0.175. The molecule has 0 saturated heterocycles. The molecular formula is C11H14N4O2. The number of hydrogen-bond donors (Lipinski definition) is 2. The van der Waals surface area contributed by atoms with Crippen molar-refractivity contribution >= 4 is 0 Å². The first-order chi connectivity index (χ1) is 8.20. The van der Waals surface area contributed by atoms with Gasteiger partial charge >= 0.3 is 0 Å². The highest BCUT2D eigenvalue weighted by atomic mass is 16.5. The Kier molecular flexibility index (Phi) is 3.46. The van der Waals surface area contributed by atoms with E-state index in [1.165, 1.54) is 0 Å². The molecule has 0 bridgehead atoms. The highest BCUT2D eigenvalue weighted by Crippen LogP contribution is 2.18. The Morgan fingerprint density at radius 3 is 3.06 bits per heavy atom. The normalized spacial score (nSPS) is 12.6. The van der Waals surface area contributed by atoms with Gasteiger partial charge in [-0.2, -0.15) is 4.98 Å². The van der Waals surface area contributed by atoms with Crippen LogP contribution < -0.4 is 5.73 Å². The van der Waals surface area contributed by atoms with Gasteiger partial charge < -0.3 is 15.4 Å². The first kappa shape index (κ1) is 11.7. The monoisotopic (exact) mass is 234 g/mol. The molecule has 0 aliphatic rings. The second-order valence-corrected chi connectivity index (χ2v) is 3.77. The Labute approximate surface area is 98.5 Å². The summed E-state index contributed by atoms with van der Waals surface area (Å²) in [6.07, 6.45) is 1.26. The zero-order chi connectivity index (χ0) is 12.3. The van der Waals surface area contributed by atoms with Crippen molar-refractivity contribution in [1.29, 1.82) is 0 Å². The first-order valence-electron chi connectivity index (χ1n) is 5.35. The summed E-state index contributed by atoms with van der Waals surface area (Å²) >= 11 is 0. The van der Waals surface area contributed by atoms with Gasteiger partial charge in [0.1, 0.15) is 11.8 Å². The number of rotatable bonds is 4. The van der Waals surface area contributed by atoms with Crippen LogP contribution in [0.15, 0.2) is 22.9 Å². The summed E-state index contributed by atoms with van der Waals surface area (Å²) in [5.74, 6) is 0.550. The molecule has 0 radical (unpaired) electrons. The van der Waals surface area contributed by atoms with Gasteiger partial charge in [-0.3, -0.25) is 4.98 Å². The molecule has 0 fully saturated rings. The minimum Gasteiger partial charge on any atom is -0.383 e. The lowest BCUT2D eigenvalue weighted by Gasteiger charge is -2.00. The maximum atomic E-state index is 9.64. The number of pyridine rings is 1. The maximum Gasteiger partial charge on any atom is 0.255 e. The van der Waals surface area contributed by atoms with Gasteiger partial charge in [0.2, 0.25) is 5.82 Å². The number of aliphatic hydroxyl groups is 1. The van der Waals surface area contributed by atoms with Crippen LogP contribution in [0.1, 0.15) is 24.0 Å². The topological polar surface area (TPSA) is 98.1 Å². The maximum absolute atomic E-state index is 9.64. The van der Waals surface area contributed by atoms with E-state index in [0.29, 0.717) is 24.5 Å². The molecule has 0 amide bonds. The number of aliphatic hydroxyl groups excluding tert-OH is 1. The van der Waals surface area contributed by atoms with Gasteiger partial charge in [-0.25, -0.2) is 0 Å². The van der Waals surface area contributed by atoms with Crippen molar-refractivity contribution in [2.45, 2.75) is 19.4 Å². The Balaban J connectivity index is 2.23. The highest BCUT2D eigenvalue weighted by Gasteiger charge is 2.16. The largest absolute Gasteiger partial charge is 0.383 e. The minimum atomic E-state index is -0.814. The Bertz CT molecular complexity index is 498. The van der Waals surface area contributed by atoms with Crippen LogP contribution in [0.25, 0.3) is 11.5 Å². The molecule has 1 unspecified atom stereocenters. The second kappa shape index (κ2) is 5.03. The molecule has 2 aromatic heterocycles. The van der Waals surface area contributed by atoms with Gasteiger partial charge in [0.15, 0.2) is 0 Å². The van der Waals surface area contributed by atoms with E-state index in [9.17, 15) is 5.11 Å². The Morgan fingerprint density at radius 1 is 1.53 bits per heavy atom. The number of aromatic nitrogens is 3. The molecule has 2 aromatic rings. The molecule has 1 atom stereocenters. The van der Waals surface area contributed by atoms with Crippen LogP contribution in [0, 0.1) is 6.92 Å². The zero-order valence-corrected chi connectivity index (χ0v) is 9.50. The number of aryl methyl sites for hydroxylation is 1.